The number of aromatic amines is 1. The minimum atomic E-state index is -0.453. The van der Waals surface area contributed by atoms with Crippen molar-refractivity contribution in [3.63, 3.8) is 0 Å². The van der Waals surface area contributed by atoms with E-state index in [0.29, 0.717) is 18.9 Å². The topological polar surface area (TPSA) is 90.1 Å². The number of anilines is 2. The predicted molar refractivity (Wildman–Crippen MR) is 105 cm³/mol. The second-order valence-electron chi connectivity index (χ2n) is 6.25. The van der Waals surface area contributed by atoms with Gasteiger partial charge in [-0.1, -0.05) is 42.3 Å². The summed E-state index contributed by atoms with van der Waals surface area (Å²) in [5.74, 6) is 5.30. The summed E-state index contributed by atoms with van der Waals surface area (Å²) < 4.78 is 0. The number of fused-ring (bicyclic) bond motifs is 1. The van der Waals surface area contributed by atoms with Gasteiger partial charge in [0.15, 0.2) is 5.82 Å². The van der Waals surface area contributed by atoms with Gasteiger partial charge in [-0.25, -0.2) is 4.79 Å². The zero-order valence-corrected chi connectivity index (χ0v) is 14.9. The molecule has 0 saturated carbocycles. The molecule has 7 nitrogen and oxygen atoms in total. The van der Waals surface area contributed by atoms with Crippen LogP contribution in [0.4, 0.5) is 16.3 Å². The summed E-state index contributed by atoms with van der Waals surface area (Å²) in [5, 5.41) is 12.5. The first-order valence-corrected chi connectivity index (χ1v) is 8.74. The fourth-order valence-corrected chi connectivity index (χ4v) is 2.90. The molecule has 2 heterocycles. The summed E-state index contributed by atoms with van der Waals surface area (Å²) in [4.78, 5) is 26.2. The van der Waals surface area contributed by atoms with Crippen molar-refractivity contribution in [1.82, 2.24) is 15.1 Å². The lowest BCUT2D eigenvalue weighted by Crippen LogP contribution is -2.30. The fourth-order valence-electron chi connectivity index (χ4n) is 2.90. The number of nitrogens with one attached hydrogen (secondary N) is 3. The second-order valence-corrected chi connectivity index (χ2v) is 6.25. The van der Waals surface area contributed by atoms with E-state index < -0.39 is 5.91 Å². The molecule has 4 rings (SSSR count). The summed E-state index contributed by atoms with van der Waals surface area (Å²) in [5.41, 5.74) is 3.08. The van der Waals surface area contributed by atoms with E-state index >= 15 is 0 Å². The van der Waals surface area contributed by atoms with Gasteiger partial charge in [0.05, 0.1) is 18.8 Å². The maximum absolute atomic E-state index is 12.4. The lowest BCUT2D eigenvalue weighted by Gasteiger charge is -2.16. The predicted octanol–water partition coefficient (Wildman–Crippen LogP) is 2.95. The van der Waals surface area contributed by atoms with Crippen LogP contribution in [0.2, 0.25) is 0 Å². The van der Waals surface area contributed by atoms with E-state index in [4.69, 9.17) is 0 Å². The SMILES string of the molecule is O=C(C#Cc1ccccc1)Nc1n[nH]c2c1CN(C(=O)Nc1ccccc1)C2. The van der Waals surface area contributed by atoms with Crippen LogP contribution in [0.3, 0.4) is 0 Å². The first-order valence-electron chi connectivity index (χ1n) is 8.74. The maximum Gasteiger partial charge on any atom is 0.322 e. The Kier molecular flexibility index (Phi) is 4.76. The number of amides is 3. The number of carbonyl (C=O) groups is 2. The van der Waals surface area contributed by atoms with Crippen LogP contribution in [-0.4, -0.2) is 27.0 Å². The normalized spacial score (nSPS) is 11.9. The lowest BCUT2D eigenvalue weighted by atomic mass is 10.2. The Morgan fingerprint density at radius 2 is 1.68 bits per heavy atom. The van der Waals surface area contributed by atoms with Gasteiger partial charge in [-0.2, -0.15) is 5.10 Å². The molecule has 0 bridgehead atoms. The molecular formula is C21H17N5O2. The van der Waals surface area contributed by atoms with Crippen molar-refractivity contribution in [3.8, 4) is 11.8 Å². The van der Waals surface area contributed by atoms with Crippen molar-refractivity contribution in [2.45, 2.75) is 13.1 Å². The molecule has 1 aliphatic heterocycles. The molecule has 1 aromatic heterocycles. The highest BCUT2D eigenvalue weighted by Gasteiger charge is 2.28. The average molecular weight is 371 g/mol. The number of carbonyl (C=O) groups excluding carboxylic acids is 2. The maximum atomic E-state index is 12.4. The van der Waals surface area contributed by atoms with Crippen molar-refractivity contribution in [2.75, 3.05) is 10.6 Å². The Morgan fingerprint density at radius 1 is 0.964 bits per heavy atom. The molecule has 0 fully saturated rings. The summed E-state index contributed by atoms with van der Waals surface area (Å²) in [6.07, 6.45) is 0. The minimum absolute atomic E-state index is 0.211. The standard InChI is InChI=1S/C21H17N5O2/c27-19(12-11-15-7-3-1-4-8-15)23-20-17-13-26(14-18(17)24-25-20)21(28)22-16-9-5-2-6-10-16/h1-10H,13-14H2,(H,22,28)(H2,23,24,25,27). The number of hydrogen-bond acceptors (Lipinski definition) is 3. The van der Waals surface area contributed by atoms with Crippen LogP contribution in [0.5, 0.6) is 0 Å². The van der Waals surface area contributed by atoms with E-state index in [-0.39, 0.29) is 6.03 Å². The number of nitrogens with zero attached hydrogens (tertiary/aromatic N) is 2. The van der Waals surface area contributed by atoms with Crippen LogP contribution >= 0.6 is 0 Å². The van der Waals surface area contributed by atoms with E-state index in [1.54, 1.807) is 4.90 Å². The van der Waals surface area contributed by atoms with Crippen LogP contribution in [-0.2, 0) is 17.9 Å². The highest BCUT2D eigenvalue weighted by molar-refractivity contribution is 6.04. The Balaban J connectivity index is 1.39. The molecule has 138 valence electrons. The van der Waals surface area contributed by atoms with Gasteiger partial charge >= 0.3 is 11.9 Å². The van der Waals surface area contributed by atoms with Gasteiger partial charge in [-0.3, -0.25) is 15.2 Å². The van der Waals surface area contributed by atoms with Crippen LogP contribution in [0.1, 0.15) is 16.8 Å². The van der Waals surface area contributed by atoms with Gasteiger partial charge in [0.1, 0.15) is 0 Å². The molecule has 3 N–H and O–H groups in total. The molecule has 0 radical (unpaired) electrons. The number of aromatic nitrogens is 2. The molecular weight excluding hydrogens is 354 g/mol. The quantitative estimate of drug-likeness (QED) is 0.605. The van der Waals surface area contributed by atoms with Crippen LogP contribution in [0, 0.1) is 11.8 Å². The second kappa shape index (κ2) is 7.68. The van der Waals surface area contributed by atoms with Gasteiger partial charge in [0.2, 0.25) is 0 Å². The number of H-pyrrole nitrogens is 1. The highest BCUT2D eigenvalue weighted by atomic mass is 16.2. The third kappa shape index (κ3) is 3.86. The summed E-state index contributed by atoms with van der Waals surface area (Å²) >= 11 is 0. The van der Waals surface area contributed by atoms with Crippen molar-refractivity contribution in [1.29, 1.82) is 0 Å². The van der Waals surface area contributed by atoms with E-state index in [9.17, 15) is 9.59 Å². The molecule has 3 amide bonds. The van der Waals surface area contributed by atoms with Crippen molar-refractivity contribution < 1.29 is 9.59 Å². The third-order valence-corrected chi connectivity index (χ3v) is 4.29. The smallest absolute Gasteiger partial charge is 0.314 e. The number of hydrogen-bond donors (Lipinski definition) is 3. The Bertz CT molecular complexity index is 1060. The van der Waals surface area contributed by atoms with Crippen molar-refractivity contribution in [2.24, 2.45) is 0 Å². The summed E-state index contributed by atoms with van der Waals surface area (Å²) in [6.45, 7) is 0.749. The lowest BCUT2D eigenvalue weighted by molar-refractivity contribution is -0.111. The molecule has 7 heteroatoms. The van der Waals surface area contributed by atoms with Gasteiger partial charge in [-0.15, -0.1) is 0 Å². The summed E-state index contributed by atoms with van der Waals surface area (Å²) in [7, 11) is 0. The first kappa shape index (κ1) is 17.4. The molecule has 3 aromatic rings. The van der Waals surface area contributed by atoms with E-state index in [2.05, 4.69) is 32.7 Å². The van der Waals surface area contributed by atoms with Crippen molar-refractivity contribution >= 4 is 23.4 Å². The van der Waals surface area contributed by atoms with Crippen LogP contribution in [0.25, 0.3) is 0 Å². The molecule has 2 aromatic carbocycles. The van der Waals surface area contributed by atoms with Gasteiger partial charge in [0, 0.05) is 22.7 Å². The summed E-state index contributed by atoms with van der Waals surface area (Å²) in [6, 6.07) is 18.3. The molecule has 0 saturated heterocycles. The van der Waals surface area contributed by atoms with Crippen molar-refractivity contribution in [3.05, 3.63) is 77.5 Å². The third-order valence-electron chi connectivity index (χ3n) is 4.29. The fraction of sp³-hybridized carbons (Fsp3) is 0.0952. The Hall–Kier alpha value is -4.05. The first-order chi connectivity index (χ1) is 13.7. The highest BCUT2D eigenvalue weighted by Crippen LogP contribution is 2.27. The zero-order chi connectivity index (χ0) is 19.3. The molecule has 0 aliphatic carbocycles. The van der Waals surface area contributed by atoms with Gasteiger partial charge < -0.3 is 10.2 Å². The number of benzene rings is 2. The van der Waals surface area contributed by atoms with E-state index in [1.165, 1.54) is 0 Å². The Morgan fingerprint density at radius 3 is 2.43 bits per heavy atom. The zero-order valence-electron chi connectivity index (χ0n) is 14.9. The monoisotopic (exact) mass is 371 g/mol. The average Bonchev–Trinajstić information content (AvgIpc) is 3.30. The van der Waals surface area contributed by atoms with E-state index in [0.717, 1.165) is 22.5 Å². The number of rotatable bonds is 2. The van der Waals surface area contributed by atoms with Crippen LogP contribution in [0.15, 0.2) is 60.7 Å². The molecule has 0 atom stereocenters. The van der Waals surface area contributed by atoms with Gasteiger partial charge in [-0.05, 0) is 24.3 Å². The molecule has 0 unspecified atom stereocenters. The largest absolute Gasteiger partial charge is 0.322 e. The van der Waals surface area contributed by atoms with Crippen LogP contribution < -0.4 is 10.6 Å². The number of para-hydroxylation sites is 1. The minimum Gasteiger partial charge on any atom is -0.314 e. The molecule has 0 spiro atoms. The number of urea groups is 1. The molecule has 28 heavy (non-hydrogen) atoms. The van der Waals surface area contributed by atoms with E-state index in [1.807, 2.05) is 60.7 Å². The molecule has 1 aliphatic rings. The van der Waals surface area contributed by atoms with Gasteiger partial charge in [0.25, 0.3) is 0 Å². The Labute approximate surface area is 161 Å².